The molecule has 2 rings (SSSR count). The van der Waals surface area contributed by atoms with Gasteiger partial charge in [0.2, 0.25) is 0 Å². The van der Waals surface area contributed by atoms with Gasteiger partial charge < -0.3 is 9.84 Å². The minimum Gasteiger partial charge on any atom is -0.393 e. The van der Waals surface area contributed by atoms with Crippen LogP contribution in [0.25, 0.3) is 0 Å². The van der Waals surface area contributed by atoms with E-state index in [1.165, 1.54) is 38.5 Å². The molecule has 2 heteroatoms. The van der Waals surface area contributed by atoms with Gasteiger partial charge in [-0.05, 0) is 44.9 Å². The molecule has 2 nitrogen and oxygen atoms in total. The lowest BCUT2D eigenvalue weighted by Crippen LogP contribution is -2.27. The lowest BCUT2D eigenvalue weighted by atomic mass is 9.92. The van der Waals surface area contributed by atoms with Crippen LogP contribution in [0.2, 0.25) is 0 Å². The van der Waals surface area contributed by atoms with Gasteiger partial charge in [-0.15, -0.1) is 0 Å². The smallest absolute Gasteiger partial charge is 0.0687 e. The van der Waals surface area contributed by atoms with Crippen molar-refractivity contribution in [3.05, 3.63) is 0 Å². The van der Waals surface area contributed by atoms with Gasteiger partial charge in [-0.25, -0.2) is 0 Å². The van der Waals surface area contributed by atoms with E-state index in [-0.39, 0.29) is 11.7 Å². The molecule has 94 valence electrons. The molecule has 0 aromatic rings. The summed E-state index contributed by atoms with van der Waals surface area (Å²) in [5.41, 5.74) is 0.252. The van der Waals surface area contributed by atoms with Crippen LogP contribution in [0.4, 0.5) is 0 Å². The van der Waals surface area contributed by atoms with Gasteiger partial charge >= 0.3 is 0 Å². The van der Waals surface area contributed by atoms with E-state index in [2.05, 4.69) is 6.92 Å². The van der Waals surface area contributed by atoms with Crippen molar-refractivity contribution >= 4 is 0 Å². The molecule has 0 aromatic heterocycles. The molecule has 16 heavy (non-hydrogen) atoms. The minimum atomic E-state index is -0.186. The van der Waals surface area contributed by atoms with Crippen LogP contribution in [0.3, 0.4) is 0 Å². The molecule has 3 atom stereocenters. The molecule has 0 bridgehead atoms. The molecule has 1 aliphatic carbocycles. The van der Waals surface area contributed by atoms with Crippen molar-refractivity contribution in [2.75, 3.05) is 0 Å². The Hall–Kier alpha value is -0.0800. The van der Waals surface area contributed by atoms with Gasteiger partial charge in [-0.3, -0.25) is 0 Å². The highest BCUT2D eigenvalue weighted by molar-refractivity contribution is 4.93. The molecule has 1 aliphatic heterocycles. The highest BCUT2D eigenvalue weighted by atomic mass is 16.5. The number of hydrogen-bond acceptors (Lipinski definition) is 2. The second-order valence-corrected chi connectivity index (χ2v) is 5.81. The first kappa shape index (κ1) is 12.4. The Morgan fingerprint density at radius 2 is 2.00 bits per heavy atom. The zero-order chi connectivity index (χ0) is 11.6. The molecule has 1 heterocycles. The number of rotatable bonds is 4. The van der Waals surface area contributed by atoms with Gasteiger partial charge in [0.25, 0.3) is 0 Å². The summed E-state index contributed by atoms with van der Waals surface area (Å²) < 4.78 is 6.28. The van der Waals surface area contributed by atoms with Crippen molar-refractivity contribution in [3.8, 4) is 0 Å². The zero-order valence-corrected chi connectivity index (χ0v) is 10.7. The zero-order valence-electron chi connectivity index (χ0n) is 10.7. The maximum Gasteiger partial charge on any atom is 0.0687 e. The number of ether oxygens (including phenoxy) is 1. The number of hydrogen-bond donors (Lipinski definition) is 1. The molecule has 0 amide bonds. The summed E-state index contributed by atoms with van der Waals surface area (Å²) in [5, 5.41) is 9.67. The quantitative estimate of drug-likeness (QED) is 0.797. The van der Waals surface area contributed by atoms with E-state index in [0.717, 1.165) is 12.8 Å². The highest BCUT2D eigenvalue weighted by Crippen LogP contribution is 2.44. The van der Waals surface area contributed by atoms with E-state index < -0.39 is 0 Å². The number of aliphatic hydroxyl groups is 1. The lowest BCUT2D eigenvalue weighted by Gasteiger charge is -2.26. The van der Waals surface area contributed by atoms with Crippen LogP contribution < -0.4 is 0 Å². The fourth-order valence-electron chi connectivity index (χ4n) is 3.49. The third kappa shape index (κ3) is 2.60. The first-order valence-electron chi connectivity index (χ1n) is 7.01. The fraction of sp³-hybridized carbons (Fsp3) is 1.00. The van der Waals surface area contributed by atoms with Crippen LogP contribution in [0.5, 0.6) is 0 Å². The average molecular weight is 226 g/mol. The molecule has 2 aliphatic rings. The standard InChI is InChI=1S/C14H26O2/c1-3-12(11(2)15)10-13-6-9-14(16-13)7-4-5-8-14/h11-13,15H,3-10H2,1-2H3. The molecule has 2 fully saturated rings. The van der Waals surface area contributed by atoms with E-state index in [0.29, 0.717) is 12.0 Å². The SMILES string of the molecule is CCC(CC1CCC2(CCCC2)O1)C(C)O. The Kier molecular flexibility index (Phi) is 3.91. The van der Waals surface area contributed by atoms with E-state index in [4.69, 9.17) is 4.74 Å². The molecule has 1 spiro atoms. The van der Waals surface area contributed by atoms with Crippen molar-refractivity contribution in [1.82, 2.24) is 0 Å². The van der Waals surface area contributed by atoms with Gasteiger partial charge in [0.1, 0.15) is 0 Å². The van der Waals surface area contributed by atoms with Crippen molar-refractivity contribution in [2.45, 2.75) is 83.0 Å². The molecular weight excluding hydrogens is 200 g/mol. The average Bonchev–Trinajstić information content (AvgIpc) is 2.86. The topological polar surface area (TPSA) is 29.5 Å². The van der Waals surface area contributed by atoms with E-state index in [1.54, 1.807) is 0 Å². The molecule has 3 unspecified atom stereocenters. The van der Waals surface area contributed by atoms with Gasteiger partial charge in [-0.1, -0.05) is 26.2 Å². The lowest BCUT2D eigenvalue weighted by molar-refractivity contribution is -0.0513. The van der Waals surface area contributed by atoms with Gasteiger partial charge in [0.05, 0.1) is 17.8 Å². The predicted molar refractivity (Wildman–Crippen MR) is 65.4 cm³/mol. The molecule has 1 saturated heterocycles. The summed E-state index contributed by atoms with van der Waals surface area (Å²) in [6, 6.07) is 0. The normalized spacial score (nSPS) is 32.1. The first-order valence-corrected chi connectivity index (χ1v) is 7.01. The minimum absolute atomic E-state index is 0.186. The molecule has 1 saturated carbocycles. The van der Waals surface area contributed by atoms with Crippen molar-refractivity contribution in [2.24, 2.45) is 5.92 Å². The maximum atomic E-state index is 9.67. The third-order valence-corrected chi connectivity index (χ3v) is 4.63. The summed E-state index contributed by atoms with van der Waals surface area (Å²) >= 11 is 0. The highest BCUT2D eigenvalue weighted by Gasteiger charge is 2.42. The van der Waals surface area contributed by atoms with Gasteiger partial charge in [0.15, 0.2) is 0 Å². The second kappa shape index (κ2) is 5.05. The van der Waals surface area contributed by atoms with Crippen molar-refractivity contribution in [3.63, 3.8) is 0 Å². The Balaban J connectivity index is 1.84. The Bertz CT molecular complexity index is 219. The summed E-state index contributed by atoms with van der Waals surface area (Å²) in [5.74, 6) is 0.418. The van der Waals surface area contributed by atoms with Crippen LogP contribution >= 0.6 is 0 Å². The Morgan fingerprint density at radius 1 is 1.31 bits per heavy atom. The van der Waals surface area contributed by atoms with E-state index in [1.807, 2.05) is 6.92 Å². The summed E-state index contributed by atoms with van der Waals surface area (Å²) in [4.78, 5) is 0. The molecule has 1 N–H and O–H groups in total. The second-order valence-electron chi connectivity index (χ2n) is 5.81. The largest absolute Gasteiger partial charge is 0.393 e. The molecular formula is C14H26O2. The van der Waals surface area contributed by atoms with Crippen LogP contribution in [-0.2, 0) is 4.74 Å². The Labute approximate surface area is 99.4 Å². The predicted octanol–water partition coefficient (Wildman–Crippen LogP) is 3.28. The molecule has 0 aromatic carbocycles. The van der Waals surface area contributed by atoms with Crippen LogP contribution in [0.15, 0.2) is 0 Å². The summed E-state index contributed by atoms with van der Waals surface area (Å²) in [7, 11) is 0. The fourth-order valence-corrected chi connectivity index (χ4v) is 3.49. The maximum absolute atomic E-state index is 9.67. The third-order valence-electron chi connectivity index (χ3n) is 4.63. The molecule has 0 radical (unpaired) electrons. The van der Waals surface area contributed by atoms with Crippen molar-refractivity contribution < 1.29 is 9.84 Å². The van der Waals surface area contributed by atoms with Crippen LogP contribution in [0, 0.1) is 5.92 Å². The van der Waals surface area contributed by atoms with Gasteiger partial charge in [-0.2, -0.15) is 0 Å². The van der Waals surface area contributed by atoms with E-state index in [9.17, 15) is 5.11 Å². The van der Waals surface area contributed by atoms with Crippen LogP contribution in [0.1, 0.15) is 65.2 Å². The summed E-state index contributed by atoms with van der Waals surface area (Å²) in [6.45, 7) is 4.08. The van der Waals surface area contributed by atoms with Crippen LogP contribution in [-0.4, -0.2) is 22.9 Å². The monoisotopic (exact) mass is 226 g/mol. The van der Waals surface area contributed by atoms with E-state index >= 15 is 0 Å². The van der Waals surface area contributed by atoms with Gasteiger partial charge in [0, 0.05) is 0 Å². The number of aliphatic hydroxyl groups excluding tert-OH is 1. The first-order chi connectivity index (χ1) is 7.65. The van der Waals surface area contributed by atoms with Crippen molar-refractivity contribution in [1.29, 1.82) is 0 Å². The Morgan fingerprint density at radius 3 is 2.56 bits per heavy atom. The summed E-state index contributed by atoms with van der Waals surface area (Å²) in [6.07, 6.45) is 10.0.